The van der Waals surface area contributed by atoms with Gasteiger partial charge in [0.2, 0.25) is 0 Å². The average molecular weight is 210 g/mol. The van der Waals surface area contributed by atoms with Crippen molar-refractivity contribution in [2.75, 3.05) is 6.54 Å². The molecular weight excluding hydrogens is 185 g/mol. The van der Waals surface area contributed by atoms with E-state index in [9.17, 15) is 0 Å². The molecule has 13 heavy (non-hydrogen) atoms. The summed E-state index contributed by atoms with van der Waals surface area (Å²) in [4.78, 5) is 0. The summed E-state index contributed by atoms with van der Waals surface area (Å²) < 4.78 is 2.77. The Bertz CT molecular complexity index is 124. The fraction of sp³-hybridized carbons (Fsp3) is 0.889. The molecule has 1 radical (unpaired) electrons. The molecule has 0 atom stereocenters. The van der Waals surface area contributed by atoms with E-state index in [0.717, 1.165) is 6.42 Å². The molecule has 0 saturated heterocycles. The molecule has 0 spiro atoms. The summed E-state index contributed by atoms with van der Waals surface area (Å²) >= 11 is 0. The molecule has 4 heteroatoms. The first-order chi connectivity index (χ1) is 5.19. The third kappa shape index (κ3) is 6.14. The van der Waals surface area contributed by atoms with Gasteiger partial charge in [0.15, 0.2) is 0 Å². The summed E-state index contributed by atoms with van der Waals surface area (Å²) in [5, 5.41) is 0. The first-order valence-electron chi connectivity index (χ1n) is 4.76. The summed E-state index contributed by atoms with van der Waals surface area (Å²) in [6.07, 6.45) is 1.05. The fourth-order valence-electron chi connectivity index (χ4n) is 1.84. The van der Waals surface area contributed by atoms with Crippen LogP contribution < -0.4 is 0 Å². The predicted molar refractivity (Wildman–Crippen MR) is 70.5 cm³/mol. The average Bonchev–Trinajstić information content (AvgIpc) is 1.77. The number of hydrogen-bond donors (Lipinski definition) is 0. The van der Waals surface area contributed by atoms with Crippen LogP contribution in [0.3, 0.4) is 0 Å². The van der Waals surface area contributed by atoms with Crippen LogP contribution in [0.2, 0.25) is 39.3 Å². The van der Waals surface area contributed by atoms with Crippen molar-refractivity contribution in [3.05, 3.63) is 6.92 Å². The molecule has 0 heterocycles. The first-order valence-corrected chi connectivity index (χ1v) is 11.7. The zero-order valence-electron chi connectivity index (χ0n) is 9.57. The van der Waals surface area contributed by atoms with Crippen molar-refractivity contribution >= 4 is 35.3 Å². The minimum atomic E-state index is -1.09. The predicted octanol–water partition coefficient (Wildman–Crippen LogP) is 2.53. The van der Waals surface area contributed by atoms with Crippen molar-refractivity contribution in [3.63, 3.8) is 0 Å². The Labute approximate surface area is 98.6 Å². The first kappa shape index (κ1) is 16.4. The zero-order valence-corrected chi connectivity index (χ0v) is 11.6. The van der Waals surface area contributed by atoms with E-state index in [1.807, 2.05) is 0 Å². The molecule has 0 rings (SSSR count). The van der Waals surface area contributed by atoms with Gasteiger partial charge in [-0.1, -0.05) is 46.2 Å². The van der Waals surface area contributed by atoms with E-state index in [1.165, 1.54) is 6.54 Å². The second-order valence-corrected chi connectivity index (χ2v) is 15.6. The van der Waals surface area contributed by atoms with Crippen molar-refractivity contribution in [1.29, 1.82) is 0 Å². The van der Waals surface area contributed by atoms with E-state index in [2.05, 4.69) is 50.4 Å². The SMILES string of the molecule is [CH2]CCN([Si](C)(C)C)[Si](C)(C)C.[LiH]. The summed E-state index contributed by atoms with van der Waals surface area (Å²) in [7, 11) is -2.18. The van der Waals surface area contributed by atoms with Gasteiger partial charge in [-0.25, -0.2) is 0 Å². The maximum absolute atomic E-state index is 3.96. The molecule has 0 aliphatic rings. The second-order valence-electron chi connectivity index (χ2n) is 5.35. The van der Waals surface area contributed by atoms with Gasteiger partial charge in [-0.2, -0.15) is 0 Å². The second kappa shape index (κ2) is 5.77. The molecule has 0 bridgehead atoms. The van der Waals surface area contributed by atoms with E-state index in [1.54, 1.807) is 0 Å². The van der Waals surface area contributed by atoms with E-state index in [0.29, 0.717) is 0 Å². The van der Waals surface area contributed by atoms with E-state index >= 15 is 0 Å². The van der Waals surface area contributed by atoms with Crippen molar-refractivity contribution in [2.45, 2.75) is 45.7 Å². The molecule has 0 aromatic rings. The molecular formula is C9H25LiNSi2. The van der Waals surface area contributed by atoms with Crippen molar-refractivity contribution < 1.29 is 0 Å². The molecule has 0 aliphatic carbocycles. The quantitative estimate of drug-likeness (QED) is 0.645. The Morgan fingerprint density at radius 3 is 1.31 bits per heavy atom. The van der Waals surface area contributed by atoms with Crippen LogP contribution in [0.1, 0.15) is 6.42 Å². The van der Waals surface area contributed by atoms with Gasteiger partial charge in [-0.05, 0) is 13.0 Å². The van der Waals surface area contributed by atoms with Gasteiger partial charge in [0, 0.05) is 0 Å². The maximum atomic E-state index is 3.96. The molecule has 0 N–H and O–H groups in total. The van der Waals surface area contributed by atoms with Gasteiger partial charge in [-0.3, -0.25) is 0 Å². The fourth-order valence-corrected chi connectivity index (χ4v) is 11.5. The number of nitrogens with zero attached hydrogens (tertiary/aromatic N) is 1. The van der Waals surface area contributed by atoms with Crippen LogP contribution in [0, 0.1) is 6.92 Å². The Morgan fingerprint density at radius 1 is 0.923 bits per heavy atom. The van der Waals surface area contributed by atoms with Gasteiger partial charge in [0.25, 0.3) is 0 Å². The van der Waals surface area contributed by atoms with Crippen LogP contribution in [0.25, 0.3) is 0 Å². The Hall–Kier alpha value is 0.991. The van der Waals surface area contributed by atoms with Crippen molar-refractivity contribution in [1.82, 2.24) is 4.23 Å². The van der Waals surface area contributed by atoms with E-state index < -0.39 is 16.5 Å². The molecule has 75 valence electrons. The molecule has 0 unspecified atom stereocenters. The Morgan fingerprint density at radius 2 is 1.23 bits per heavy atom. The van der Waals surface area contributed by atoms with Gasteiger partial charge in [0.05, 0.1) is 0 Å². The monoisotopic (exact) mass is 210 g/mol. The van der Waals surface area contributed by atoms with Crippen molar-refractivity contribution in [2.24, 2.45) is 0 Å². The zero-order chi connectivity index (χ0) is 9.99. The molecule has 0 saturated carbocycles. The van der Waals surface area contributed by atoms with Crippen LogP contribution >= 0.6 is 0 Å². The summed E-state index contributed by atoms with van der Waals surface area (Å²) in [5.41, 5.74) is 0. The van der Waals surface area contributed by atoms with E-state index in [-0.39, 0.29) is 18.9 Å². The third-order valence-corrected chi connectivity index (χ3v) is 9.71. The molecule has 0 aliphatic heterocycles. The van der Waals surface area contributed by atoms with Crippen LogP contribution in [0.4, 0.5) is 0 Å². The topological polar surface area (TPSA) is 3.24 Å². The summed E-state index contributed by atoms with van der Waals surface area (Å²) in [6, 6.07) is 0. The van der Waals surface area contributed by atoms with Crippen LogP contribution in [0.15, 0.2) is 0 Å². The Balaban J connectivity index is 0. The molecule has 0 aromatic heterocycles. The third-order valence-electron chi connectivity index (χ3n) is 2.00. The molecule has 0 amide bonds. The van der Waals surface area contributed by atoms with Crippen LogP contribution in [0.5, 0.6) is 0 Å². The molecule has 1 nitrogen and oxygen atoms in total. The van der Waals surface area contributed by atoms with Crippen molar-refractivity contribution in [3.8, 4) is 0 Å². The summed E-state index contributed by atoms with van der Waals surface area (Å²) in [5.74, 6) is 0. The Kier molecular flexibility index (Phi) is 7.29. The molecule has 0 fully saturated rings. The van der Waals surface area contributed by atoms with Crippen LogP contribution in [-0.2, 0) is 0 Å². The summed E-state index contributed by atoms with van der Waals surface area (Å²) in [6.45, 7) is 19.7. The standard InChI is InChI=1S/C9H24NSi2.Li.H/c1-8-9-10(11(2,3)4)12(5,6)7;;/h1,8-9H2,2-7H3;;. The molecule has 0 aromatic carbocycles. The van der Waals surface area contributed by atoms with Crippen LogP contribution in [-0.4, -0.2) is 46.1 Å². The number of rotatable bonds is 4. The minimum absolute atomic E-state index is 0. The normalized spacial score (nSPS) is 12.9. The van der Waals surface area contributed by atoms with Gasteiger partial charge < -0.3 is 4.23 Å². The van der Waals surface area contributed by atoms with Gasteiger partial charge in [-0.15, -0.1) is 0 Å². The van der Waals surface area contributed by atoms with Gasteiger partial charge in [0.1, 0.15) is 16.5 Å². The van der Waals surface area contributed by atoms with Gasteiger partial charge >= 0.3 is 18.9 Å². The van der Waals surface area contributed by atoms with E-state index in [4.69, 9.17) is 0 Å². The number of hydrogen-bond acceptors (Lipinski definition) is 1.